The number of carbonyl (C=O) groups excluding carboxylic acids is 1. The number of thiazole rings is 1. The van der Waals surface area contributed by atoms with Crippen molar-refractivity contribution >= 4 is 17.2 Å². The molecule has 4 nitrogen and oxygen atoms in total. The normalized spacial score (nSPS) is 26.4. The Balaban J connectivity index is 1.38. The minimum Gasteiger partial charge on any atom is -0.366 e. The van der Waals surface area contributed by atoms with Crippen LogP contribution in [0.1, 0.15) is 29.5 Å². The van der Waals surface area contributed by atoms with Gasteiger partial charge in [0.25, 0.3) is 0 Å². The number of piperidine rings is 1. The Morgan fingerprint density at radius 3 is 3.17 bits per heavy atom. The lowest BCUT2D eigenvalue weighted by molar-refractivity contribution is -0.134. The molecule has 0 spiro atoms. The average molecular weight is 346 g/mol. The van der Waals surface area contributed by atoms with Crippen LogP contribution in [0.2, 0.25) is 0 Å². The topological polar surface area (TPSA) is 42.4 Å². The summed E-state index contributed by atoms with van der Waals surface area (Å²) in [6, 6.07) is 6.25. The van der Waals surface area contributed by atoms with Crippen LogP contribution >= 0.6 is 11.3 Å². The van der Waals surface area contributed by atoms with Crippen molar-refractivity contribution in [3.63, 3.8) is 0 Å². The van der Waals surface area contributed by atoms with Crippen LogP contribution in [0.25, 0.3) is 0 Å². The Hall–Kier alpha value is -1.79. The van der Waals surface area contributed by atoms with E-state index in [1.54, 1.807) is 29.7 Å². The van der Waals surface area contributed by atoms with Crippen LogP contribution < -0.4 is 0 Å². The second-order valence-electron chi connectivity index (χ2n) is 6.46. The number of ether oxygens (including phenoxy) is 1. The molecule has 0 saturated carbocycles. The quantitative estimate of drug-likeness (QED) is 0.857. The predicted molar refractivity (Wildman–Crippen MR) is 89.1 cm³/mol. The van der Waals surface area contributed by atoms with Gasteiger partial charge in [-0.05, 0) is 36.5 Å². The molecule has 2 fully saturated rings. The van der Waals surface area contributed by atoms with Crippen molar-refractivity contribution in [1.82, 2.24) is 9.88 Å². The Morgan fingerprint density at radius 1 is 1.46 bits per heavy atom. The number of carbonyl (C=O) groups is 1. The molecule has 2 saturated heterocycles. The first kappa shape index (κ1) is 15.7. The van der Waals surface area contributed by atoms with Gasteiger partial charge >= 0.3 is 0 Å². The standard InChI is InChI=1S/C18H19FN2O2S/c19-14-3-1-2-12(8-14)9-17(22)21-6-4-13-10-15(23-16(13)11-21)18-20-5-7-24-18/h1-3,5,7-8,13,15-16H,4,6,9-11H2/t13-,15+,16+/m1/s1. The van der Waals surface area contributed by atoms with E-state index in [4.69, 9.17) is 4.74 Å². The van der Waals surface area contributed by atoms with Crippen molar-refractivity contribution < 1.29 is 13.9 Å². The molecule has 3 heterocycles. The lowest BCUT2D eigenvalue weighted by Crippen LogP contribution is -2.45. The van der Waals surface area contributed by atoms with Gasteiger partial charge in [-0.2, -0.15) is 0 Å². The van der Waals surface area contributed by atoms with Gasteiger partial charge in [-0.25, -0.2) is 9.37 Å². The number of amides is 1. The summed E-state index contributed by atoms with van der Waals surface area (Å²) in [6.45, 7) is 1.38. The van der Waals surface area contributed by atoms with Gasteiger partial charge in [0.1, 0.15) is 16.9 Å². The summed E-state index contributed by atoms with van der Waals surface area (Å²) >= 11 is 1.62. The van der Waals surface area contributed by atoms with Crippen LogP contribution in [0.5, 0.6) is 0 Å². The molecular formula is C18H19FN2O2S. The Bertz CT molecular complexity index is 722. The SMILES string of the molecule is O=C(Cc1cccc(F)c1)N1CC[C@@H]2C[C@@H](c3nccs3)O[C@H]2C1. The van der Waals surface area contributed by atoms with E-state index in [1.807, 2.05) is 10.3 Å². The van der Waals surface area contributed by atoms with Crippen LogP contribution in [0.4, 0.5) is 4.39 Å². The summed E-state index contributed by atoms with van der Waals surface area (Å²) in [6.07, 6.45) is 4.15. The van der Waals surface area contributed by atoms with Crippen molar-refractivity contribution in [1.29, 1.82) is 0 Å². The number of hydrogen-bond donors (Lipinski definition) is 0. The number of halogens is 1. The van der Waals surface area contributed by atoms with Crippen LogP contribution in [-0.2, 0) is 16.0 Å². The summed E-state index contributed by atoms with van der Waals surface area (Å²) in [5, 5.41) is 3.00. The fraction of sp³-hybridized carbons (Fsp3) is 0.444. The fourth-order valence-electron chi connectivity index (χ4n) is 3.64. The highest BCUT2D eigenvalue weighted by Gasteiger charge is 2.41. The zero-order valence-corrected chi connectivity index (χ0v) is 14.0. The van der Waals surface area contributed by atoms with Crippen LogP contribution in [0.15, 0.2) is 35.8 Å². The average Bonchev–Trinajstić information content (AvgIpc) is 3.23. The third-order valence-electron chi connectivity index (χ3n) is 4.88. The van der Waals surface area contributed by atoms with Crippen molar-refractivity contribution in [2.75, 3.05) is 13.1 Å². The Morgan fingerprint density at radius 2 is 2.38 bits per heavy atom. The zero-order valence-electron chi connectivity index (χ0n) is 13.2. The van der Waals surface area contributed by atoms with E-state index < -0.39 is 0 Å². The molecule has 0 N–H and O–H groups in total. The lowest BCUT2D eigenvalue weighted by Gasteiger charge is -2.34. The van der Waals surface area contributed by atoms with Gasteiger partial charge in [0.05, 0.1) is 12.5 Å². The maximum absolute atomic E-state index is 13.3. The van der Waals surface area contributed by atoms with Gasteiger partial charge < -0.3 is 9.64 Å². The van der Waals surface area contributed by atoms with Crippen LogP contribution in [0, 0.1) is 11.7 Å². The summed E-state index contributed by atoms with van der Waals surface area (Å²) in [4.78, 5) is 18.7. The van der Waals surface area contributed by atoms with E-state index in [0.29, 0.717) is 12.5 Å². The monoisotopic (exact) mass is 346 g/mol. The van der Waals surface area contributed by atoms with Gasteiger partial charge in [-0.15, -0.1) is 11.3 Å². The minimum absolute atomic E-state index is 0.0420. The molecule has 1 aromatic heterocycles. The number of rotatable bonds is 3. The van der Waals surface area contributed by atoms with E-state index in [2.05, 4.69) is 4.98 Å². The molecule has 1 amide bonds. The summed E-state index contributed by atoms with van der Waals surface area (Å²) < 4.78 is 19.4. The second kappa shape index (κ2) is 6.61. The maximum atomic E-state index is 13.3. The highest BCUT2D eigenvalue weighted by atomic mass is 32.1. The van der Waals surface area contributed by atoms with Gasteiger partial charge in [0.2, 0.25) is 5.91 Å². The molecule has 0 bridgehead atoms. The zero-order chi connectivity index (χ0) is 16.5. The van der Waals surface area contributed by atoms with Gasteiger partial charge in [-0.3, -0.25) is 4.79 Å². The highest BCUT2D eigenvalue weighted by molar-refractivity contribution is 7.09. The molecule has 0 aliphatic carbocycles. The molecule has 1 aromatic carbocycles. The van der Waals surface area contributed by atoms with Gasteiger partial charge in [0, 0.05) is 24.7 Å². The largest absolute Gasteiger partial charge is 0.366 e. The number of benzene rings is 1. The third kappa shape index (κ3) is 3.21. The molecule has 0 radical (unpaired) electrons. The first-order valence-corrected chi connectivity index (χ1v) is 9.14. The van der Waals surface area contributed by atoms with Crippen molar-refractivity contribution in [3.05, 3.63) is 52.2 Å². The van der Waals surface area contributed by atoms with E-state index in [-0.39, 0.29) is 30.4 Å². The maximum Gasteiger partial charge on any atom is 0.227 e. The summed E-state index contributed by atoms with van der Waals surface area (Å²) in [5.74, 6) is 0.238. The van der Waals surface area contributed by atoms with Crippen LogP contribution in [0.3, 0.4) is 0 Å². The highest BCUT2D eigenvalue weighted by Crippen LogP contribution is 2.41. The third-order valence-corrected chi connectivity index (χ3v) is 5.74. The Labute approximate surface area is 144 Å². The molecular weight excluding hydrogens is 327 g/mol. The summed E-state index contributed by atoms with van der Waals surface area (Å²) in [5.41, 5.74) is 0.718. The van der Waals surface area contributed by atoms with Crippen molar-refractivity contribution in [2.24, 2.45) is 5.92 Å². The minimum atomic E-state index is -0.301. The van der Waals surface area contributed by atoms with Gasteiger partial charge in [-0.1, -0.05) is 12.1 Å². The first-order chi connectivity index (χ1) is 11.7. The van der Waals surface area contributed by atoms with E-state index in [1.165, 1.54) is 12.1 Å². The number of hydrogen-bond acceptors (Lipinski definition) is 4. The van der Waals surface area contributed by atoms with E-state index in [9.17, 15) is 9.18 Å². The Kier molecular flexibility index (Phi) is 4.33. The molecule has 0 unspecified atom stereocenters. The molecule has 24 heavy (non-hydrogen) atoms. The second-order valence-corrected chi connectivity index (χ2v) is 7.39. The number of fused-ring (bicyclic) bond motifs is 1. The molecule has 2 aromatic rings. The smallest absolute Gasteiger partial charge is 0.227 e. The van der Waals surface area contributed by atoms with E-state index in [0.717, 1.165) is 30.0 Å². The first-order valence-electron chi connectivity index (χ1n) is 8.26. The molecule has 126 valence electrons. The molecule has 4 rings (SSSR count). The molecule has 6 heteroatoms. The molecule has 3 atom stereocenters. The number of nitrogens with zero attached hydrogens (tertiary/aromatic N) is 2. The fourth-order valence-corrected chi connectivity index (χ4v) is 4.33. The predicted octanol–water partition coefficient (Wildman–Crippen LogP) is 3.20. The molecule has 2 aliphatic rings. The lowest BCUT2D eigenvalue weighted by atomic mass is 9.91. The summed E-state index contributed by atoms with van der Waals surface area (Å²) in [7, 11) is 0. The van der Waals surface area contributed by atoms with Crippen molar-refractivity contribution in [3.8, 4) is 0 Å². The van der Waals surface area contributed by atoms with Crippen molar-refractivity contribution in [2.45, 2.75) is 31.5 Å². The number of likely N-dealkylation sites (tertiary alicyclic amines) is 1. The number of aromatic nitrogens is 1. The molecule has 2 aliphatic heterocycles. The van der Waals surface area contributed by atoms with E-state index >= 15 is 0 Å². The van der Waals surface area contributed by atoms with Crippen LogP contribution in [-0.4, -0.2) is 35.0 Å². The van der Waals surface area contributed by atoms with Gasteiger partial charge in [0.15, 0.2) is 0 Å².